The second kappa shape index (κ2) is 13.6. The summed E-state index contributed by atoms with van der Waals surface area (Å²) in [5, 5.41) is 9.48. The van der Waals surface area contributed by atoms with Crippen LogP contribution >= 0.6 is 0 Å². The second-order valence-corrected chi connectivity index (χ2v) is 6.79. The first-order valence-corrected chi connectivity index (χ1v) is 10.0. The number of rotatable bonds is 12. The van der Waals surface area contributed by atoms with Crippen LogP contribution in [0.3, 0.4) is 0 Å². The quantitative estimate of drug-likeness (QED) is 0.410. The highest BCUT2D eigenvalue weighted by Crippen LogP contribution is 2.20. The van der Waals surface area contributed by atoms with E-state index in [0.717, 1.165) is 43.6 Å². The molecule has 0 bridgehead atoms. The third-order valence-electron chi connectivity index (χ3n) is 4.35. The van der Waals surface area contributed by atoms with Gasteiger partial charge in [-0.1, -0.05) is 74.7 Å². The van der Waals surface area contributed by atoms with Crippen LogP contribution in [-0.2, 0) is 0 Å². The van der Waals surface area contributed by atoms with Crippen molar-refractivity contribution in [3.05, 3.63) is 96.7 Å². The van der Waals surface area contributed by atoms with Gasteiger partial charge >= 0.3 is 0 Å². The summed E-state index contributed by atoms with van der Waals surface area (Å²) >= 11 is 0. The number of hydrogen-bond acceptors (Lipinski definition) is 2. The zero-order valence-corrected chi connectivity index (χ0v) is 17.7. The fourth-order valence-electron chi connectivity index (χ4n) is 3.06. The van der Waals surface area contributed by atoms with E-state index in [1.54, 1.807) is 12.1 Å². The third-order valence-corrected chi connectivity index (χ3v) is 4.35. The summed E-state index contributed by atoms with van der Waals surface area (Å²) in [5.74, 6) is 0.271. The molecule has 2 heteroatoms. The zero-order valence-electron chi connectivity index (χ0n) is 17.7. The van der Waals surface area contributed by atoms with Crippen molar-refractivity contribution in [2.24, 2.45) is 0 Å². The van der Waals surface area contributed by atoms with Crippen LogP contribution in [0.15, 0.2) is 91.1 Å². The summed E-state index contributed by atoms with van der Waals surface area (Å²) in [5.41, 5.74) is 4.50. The molecule has 0 radical (unpaired) electrons. The summed E-state index contributed by atoms with van der Waals surface area (Å²) in [6.45, 7) is 17.3. The Bertz CT molecular complexity index is 732. The van der Waals surface area contributed by atoms with E-state index < -0.39 is 0 Å². The molecule has 0 spiro atoms. The lowest BCUT2D eigenvalue weighted by molar-refractivity contribution is 0.303. The molecule has 2 nitrogen and oxygen atoms in total. The Morgan fingerprint density at radius 1 is 1.04 bits per heavy atom. The Morgan fingerprint density at radius 2 is 1.68 bits per heavy atom. The molecule has 0 aliphatic heterocycles. The molecule has 150 valence electrons. The van der Waals surface area contributed by atoms with Crippen LogP contribution in [0.4, 0.5) is 0 Å². The standard InChI is InChI=1S/C26H35NO/c1-6-10-23(11-7-2)17-19-27(18-9-4)21-24(12-8-3)20-22(5)25-13-15-26(28)16-14-25/h6-8,10-16,20,28H,1,5,9,17-19,21H2,2-4H3/b11-7-,12-8-,23-10+,24-20+. The molecule has 1 aromatic carbocycles. The van der Waals surface area contributed by atoms with E-state index in [9.17, 15) is 5.11 Å². The van der Waals surface area contributed by atoms with E-state index in [2.05, 4.69) is 61.4 Å². The number of phenolic OH excluding ortho intramolecular Hbond substituents is 1. The highest BCUT2D eigenvalue weighted by atomic mass is 16.3. The third kappa shape index (κ3) is 8.88. The Morgan fingerprint density at radius 3 is 2.25 bits per heavy atom. The van der Waals surface area contributed by atoms with E-state index in [1.165, 1.54) is 11.1 Å². The number of benzene rings is 1. The molecular weight excluding hydrogens is 342 g/mol. The maximum Gasteiger partial charge on any atom is 0.115 e. The Kier molecular flexibility index (Phi) is 11.4. The van der Waals surface area contributed by atoms with Crippen LogP contribution in [0.1, 0.15) is 39.2 Å². The molecule has 1 rings (SSSR count). The average Bonchev–Trinajstić information content (AvgIpc) is 2.67. The lowest BCUT2D eigenvalue weighted by atomic mass is 10.0. The van der Waals surface area contributed by atoms with E-state index in [4.69, 9.17) is 0 Å². The van der Waals surface area contributed by atoms with Gasteiger partial charge in [0, 0.05) is 13.1 Å². The number of nitrogens with zero attached hydrogens (tertiary/aromatic N) is 1. The van der Waals surface area contributed by atoms with Crippen molar-refractivity contribution in [2.75, 3.05) is 19.6 Å². The molecule has 0 aliphatic rings. The van der Waals surface area contributed by atoms with E-state index in [0.29, 0.717) is 0 Å². The Balaban J connectivity index is 2.91. The van der Waals surface area contributed by atoms with E-state index >= 15 is 0 Å². The summed E-state index contributed by atoms with van der Waals surface area (Å²) < 4.78 is 0. The van der Waals surface area contributed by atoms with Gasteiger partial charge in [-0.15, -0.1) is 0 Å². The van der Waals surface area contributed by atoms with Crippen LogP contribution in [0.25, 0.3) is 5.57 Å². The number of phenols is 1. The van der Waals surface area contributed by atoms with Gasteiger partial charge in [-0.05, 0) is 67.6 Å². The van der Waals surface area contributed by atoms with Gasteiger partial charge in [0.15, 0.2) is 0 Å². The van der Waals surface area contributed by atoms with Crippen molar-refractivity contribution in [3.8, 4) is 5.75 Å². The van der Waals surface area contributed by atoms with Crippen LogP contribution in [0, 0.1) is 0 Å². The molecular formula is C26H35NO. The first-order valence-electron chi connectivity index (χ1n) is 10.0. The van der Waals surface area contributed by atoms with E-state index in [-0.39, 0.29) is 5.75 Å². The molecule has 0 aromatic heterocycles. The van der Waals surface area contributed by atoms with Crippen LogP contribution in [0.2, 0.25) is 0 Å². The van der Waals surface area contributed by atoms with Crippen molar-refractivity contribution < 1.29 is 5.11 Å². The lowest BCUT2D eigenvalue weighted by Crippen LogP contribution is -2.28. The smallest absolute Gasteiger partial charge is 0.115 e. The van der Waals surface area contributed by atoms with Gasteiger partial charge in [0.05, 0.1) is 0 Å². The van der Waals surface area contributed by atoms with Gasteiger partial charge in [0.2, 0.25) is 0 Å². The maximum atomic E-state index is 9.48. The van der Waals surface area contributed by atoms with Gasteiger partial charge in [0.1, 0.15) is 5.75 Å². The molecule has 0 saturated heterocycles. The highest BCUT2D eigenvalue weighted by molar-refractivity contribution is 5.73. The fourth-order valence-corrected chi connectivity index (χ4v) is 3.06. The number of allylic oxidation sites excluding steroid dienone is 7. The van der Waals surface area contributed by atoms with Crippen LogP contribution in [0.5, 0.6) is 5.75 Å². The Hall–Kier alpha value is -2.58. The van der Waals surface area contributed by atoms with Crippen molar-refractivity contribution in [3.63, 3.8) is 0 Å². The van der Waals surface area contributed by atoms with Crippen LogP contribution < -0.4 is 0 Å². The average molecular weight is 378 g/mol. The molecule has 0 aliphatic carbocycles. The van der Waals surface area contributed by atoms with Crippen molar-refractivity contribution in [1.29, 1.82) is 0 Å². The zero-order chi connectivity index (χ0) is 20.8. The lowest BCUT2D eigenvalue weighted by Gasteiger charge is -2.23. The molecule has 1 aromatic rings. The predicted octanol–water partition coefficient (Wildman–Crippen LogP) is 6.70. The summed E-state index contributed by atoms with van der Waals surface area (Å²) in [7, 11) is 0. The molecule has 0 unspecified atom stereocenters. The molecule has 28 heavy (non-hydrogen) atoms. The van der Waals surface area contributed by atoms with E-state index in [1.807, 2.05) is 32.1 Å². The molecule has 0 saturated carbocycles. The molecule has 1 N–H and O–H groups in total. The van der Waals surface area contributed by atoms with Crippen LogP contribution in [-0.4, -0.2) is 29.6 Å². The van der Waals surface area contributed by atoms with Gasteiger partial charge < -0.3 is 5.11 Å². The van der Waals surface area contributed by atoms with Crippen molar-refractivity contribution >= 4 is 5.57 Å². The minimum Gasteiger partial charge on any atom is -0.508 e. The van der Waals surface area contributed by atoms with Gasteiger partial charge in [-0.25, -0.2) is 0 Å². The maximum absolute atomic E-state index is 9.48. The number of aromatic hydroxyl groups is 1. The van der Waals surface area contributed by atoms with Gasteiger partial charge in [-0.3, -0.25) is 4.90 Å². The second-order valence-electron chi connectivity index (χ2n) is 6.79. The summed E-state index contributed by atoms with van der Waals surface area (Å²) in [6.07, 6.45) is 16.6. The highest BCUT2D eigenvalue weighted by Gasteiger charge is 2.07. The first-order chi connectivity index (χ1) is 13.5. The predicted molar refractivity (Wildman–Crippen MR) is 124 cm³/mol. The summed E-state index contributed by atoms with van der Waals surface area (Å²) in [4.78, 5) is 2.48. The number of hydrogen-bond donors (Lipinski definition) is 1. The molecule has 0 heterocycles. The van der Waals surface area contributed by atoms with Gasteiger partial charge in [-0.2, -0.15) is 0 Å². The monoisotopic (exact) mass is 377 g/mol. The fraction of sp³-hybridized carbons (Fsp3) is 0.308. The van der Waals surface area contributed by atoms with Gasteiger partial charge in [0.25, 0.3) is 0 Å². The minimum absolute atomic E-state index is 0.271. The van der Waals surface area contributed by atoms with Crippen molar-refractivity contribution in [2.45, 2.75) is 33.6 Å². The summed E-state index contributed by atoms with van der Waals surface area (Å²) in [6, 6.07) is 7.19. The largest absolute Gasteiger partial charge is 0.508 e. The molecule has 0 atom stereocenters. The Labute approximate surface area is 171 Å². The normalized spacial score (nSPS) is 13.0. The topological polar surface area (TPSA) is 23.5 Å². The molecule has 0 amide bonds. The molecule has 0 fully saturated rings. The van der Waals surface area contributed by atoms with Crippen molar-refractivity contribution in [1.82, 2.24) is 4.90 Å². The SMILES string of the molecule is C=C/C=C(\C=C/C)CCN(CCC)CC(/C=C\C)=C/C(=C)c1ccc(O)cc1. The minimum atomic E-state index is 0.271. The first kappa shape index (κ1) is 23.5.